The molecular weight excluding hydrogens is 534 g/mol. The second kappa shape index (κ2) is 8.64. The van der Waals surface area contributed by atoms with E-state index in [0.29, 0.717) is 5.92 Å². The smallest absolute Gasteiger partial charge is 0.249 e. The molecule has 8 aromatic rings. The lowest BCUT2D eigenvalue weighted by Crippen LogP contribution is -2.53. The first kappa shape index (κ1) is 24.2. The van der Waals surface area contributed by atoms with Gasteiger partial charge in [0.25, 0.3) is 0 Å². The van der Waals surface area contributed by atoms with Gasteiger partial charge in [-0.3, -0.25) is 0 Å². The Morgan fingerprint density at radius 2 is 1.50 bits per heavy atom. The van der Waals surface area contributed by atoms with Crippen molar-refractivity contribution in [1.82, 2.24) is 4.40 Å². The third kappa shape index (κ3) is 3.06. The maximum atomic E-state index is 4.86. The molecule has 0 saturated heterocycles. The van der Waals surface area contributed by atoms with Gasteiger partial charge in [-0.15, -0.1) is 0 Å². The first-order valence-electron chi connectivity index (χ1n) is 15.7. The number of fused-ring (bicyclic) bond motifs is 15. The molecule has 0 saturated carbocycles. The van der Waals surface area contributed by atoms with Crippen molar-refractivity contribution in [3.8, 4) is 22.5 Å². The number of pyridine rings is 2. The third-order valence-corrected chi connectivity index (χ3v) is 10.4. The Balaban J connectivity index is 1.28. The zero-order valence-corrected chi connectivity index (χ0v) is 24.7. The number of para-hydroxylation sites is 2. The molecule has 0 bridgehead atoms. The van der Waals surface area contributed by atoms with Crippen molar-refractivity contribution in [3.05, 3.63) is 145 Å². The van der Waals surface area contributed by atoms with Gasteiger partial charge in [-0.2, -0.15) is 9.13 Å². The van der Waals surface area contributed by atoms with Crippen LogP contribution in [-0.4, -0.2) is 4.40 Å². The number of aromatic nitrogens is 3. The molecule has 2 atom stereocenters. The summed E-state index contributed by atoms with van der Waals surface area (Å²) in [5.74, 6) is 0.300. The van der Waals surface area contributed by atoms with Crippen molar-refractivity contribution >= 4 is 43.8 Å². The van der Waals surface area contributed by atoms with Crippen molar-refractivity contribution in [2.75, 3.05) is 0 Å². The van der Waals surface area contributed by atoms with Crippen molar-refractivity contribution in [3.63, 3.8) is 0 Å². The SMILES string of the molecule is C=C1C2C(CCc3cc4c(cc3-c3cccc[n+]31)c1cccc3c5ccccc5n4c31)c1ccccc1-c1ccc(C)c[n+]12. The monoisotopic (exact) mass is 565 g/mol. The summed E-state index contributed by atoms with van der Waals surface area (Å²) in [5, 5.41) is 5.28. The molecule has 0 radical (unpaired) electrons. The highest BCUT2D eigenvalue weighted by Gasteiger charge is 2.46. The van der Waals surface area contributed by atoms with Crippen LogP contribution >= 0.6 is 0 Å². The number of hydrogen-bond donors (Lipinski definition) is 0. The second-order valence-corrected chi connectivity index (χ2v) is 12.7. The van der Waals surface area contributed by atoms with Crippen molar-refractivity contribution in [1.29, 1.82) is 0 Å². The van der Waals surface area contributed by atoms with E-state index in [4.69, 9.17) is 6.58 Å². The van der Waals surface area contributed by atoms with Gasteiger partial charge in [0.05, 0.1) is 28.0 Å². The summed E-state index contributed by atoms with van der Waals surface area (Å²) in [6, 6.07) is 40.9. The molecule has 208 valence electrons. The van der Waals surface area contributed by atoms with E-state index < -0.39 is 0 Å². The summed E-state index contributed by atoms with van der Waals surface area (Å²) in [7, 11) is 0. The second-order valence-electron chi connectivity index (χ2n) is 12.7. The standard InChI is InChI=1S/C41H31N3/c1-25-17-20-37-29-11-4-3-10-28(29)33-19-18-27-22-39-35(32-14-9-13-31-30-12-5-6-16-38(30)44(39)41(31)32)23-34(27)36-15-7-8-21-42(36)26(2)40(33)43(37)24-25/h3-17,20-24,33,40H,2,18-19H2,1H3/q+2. The average molecular weight is 566 g/mol. The van der Waals surface area contributed by atoms with Crippen molar-refractivity contribution in [2.24, 2.45) is 0 Å². The molecule has 3 nitrogen and oxygen atoms in total. The van der Waals surface area contributed by atoms with Gasteiger partial charge in [-0.05, 0) is 73.9 Å². The van der Waals surface area contributed by atoms with E-state index in [1.807, 2.05) is 0 Å². The summed E-state index contributed by atoms with van der Waals surface area (Å²) < 4.78 is 7.38. The Hall–Kier alpha value is -5.28. The fourth-order valence-electron chi connectivity index (χ4n) is 8.54. The van der Waals surface area contributed by atoms with Crippen LogP contribution in [0.4, 0.5) is 0 Å². The highest BCUT2D eigenvalue weighted by atomic mass is 15.1. The molecule has 2 aliphatic heterocycles. The Bertz CT molecular complexity index is 2500. The molecule has 0 aliphatic carbocycles. The number of aryl methyl sites for hydroxylation is 2. The molecule has 44 heavy (non-hydrogen) atoms. The third-order valence-electron chi connectivity index (χ3n) is 10.4. The molecule has 4 aromatic heterocycles. The first-order chi connectivity index (χ1) is 21.7. The molecule has 0 spiro atoms. The molecule has 2 aliphatic rings. The van der Waals surface area contributed by atoms with Crippen LogP contribution in [0.1, 0.15) is 35.1 Å². The van der Waals surface area contributed by atoms with E-state index in [0.717, 1.165) is 18.5 Å². The quantitative estimate of drug-likeness (QED) is 0.163. The summed E-state index contributed by atoms with van der Waals surface area (Å²) >= 11 is 0. The average Bonchev–Trinajstić information content (AvgIpc) is 3.59. The Morgan fingerprint density at radius 1 is 0.705 bits per heavy atom. The van der Waals surface area contributed by atoms with Gasteiger partial charge < -0.3 is 4.40 Å². The molecule has 0 N–H and O–H groups in total. The van der Waals surface area contributed by atoms with Gasteiger partial charge in [0.1, 0.15) is 0 Å². The van der Waals surface area contributed by atoms with Gasteiger partial charge >= 0.3 is 0 Å². The lowest BCUT2D eigenvalue weighted by Gasteiger charge is -2.29. The fraction of sp³-hybridized carbons (Fsp3) is 0.122. The minimum atomic E-state index is 0.112. The molecular formula is C41H31N3+2. The van der Waals surface area contributed by atoms with Gasteiger partial charge in [-0.25, -0.2) is 0 Å². The maximum absolute atomic E-state index is 4.86. The number of rotatable bonds is 0. The summed E-state index contributed by atoms with van der Waals surface area (Å²) in [6.07, 6.45) is 6.57. The molecule has 2 unspecified atom stereocenters. The molecule has 6 heterocycles. The topological polar surface area (TPSA) is 12.2 Å². The predicted octanol–water partition coefficient (Wildman–Crippen LogP) is 8.81. The number of nitrogens with zero attached hydrogens (tertiary/aromatic N) is 3. The van der Waals surface area contributed by atoms with Crippen LogP contribution in [0.3, 0.4) is 0 Å². The van der Waals surface area contributed by atoms with Gasteiger partial charge in [0.15, 0.2) is 12.4 Å². The lowest BCUT2D eigenvalue weighted by molar-refractivity contribution is -0.727. The van der Waals surface area contributed by atoms with Crippen LogP contribution in [0.5, 0.6) is 0 Å². The number of hydrogen-bond acceptors (Lipinski definition) is 0. The first-order valence-corrected chi connectivity index (χ1v) is 15.7. The Labute approximate surface area is 255 Å². The van der Waals surface area contributed by atoms with Crippen LogP contribution in [0, 0.1) is 6.92 Å². The Morgan fingerprint density at radius 3 is 2.43 bits per heavy atom. The molecule has 0 amide bonds. The highest BCUT2D eigenvalue weighted by Crippen LogP contribution is 2.46. The molecule has 4 aromatic carbocycles. The summed E-state index contributed by atoms with van der Waals surface area (Å²) in [5.41, 5.74) is 14.2. The number of benzene rings is 4. The zero-order chi connectivity index (χ0) is 29.1. The lowest BCUT2D eigenvalue weighted by atomic mass is 9.78. The molecule has 3 heteroatoms. The maximum Gasteiger partial charge on any atom is 0.249 e. The summed E-state index contributed by atoms with van der Waals surface area (Å²) in [6.45, 7) is 7.05. The summed E-state index contributed by atoms with van der Waals surface area (Å²) in [4.78, 5) is 0. The van der Waals surface area contributed by atoms with Crippen molar-refractivity contribution < 1.29 is 9.13 Å². The largest absolute Gasteiger partial charge is 0.308 e. The van der Waals surface area contributed by atoms with E-state index in [1.165, 1.54) is 77.3 Å². The van der Waals surface area contributed by atoms with Crippen LogP contribution in [0.15, 0.2) is 128 Å². The number of allylic oxidation sites excluding steroid dienone is 1. The zero-order valence-electron chi connectivity index (χ0n) is 24.7. The minimum absolute atomic E-state index is 0.112. The van der Waals surface area contributed by atoms with Crippen LogP contribution in [-0.2, 0) is 6.42 Å². The van der Waals surface area contributed by atoms with Crippen LogP contribution < -0.4 is 9.13 Å². The highest BCUT2D eigenvalue weighted by molar-refractivity contribution is 6.23. The van der Waals surface area contributed by atoms with Gasteiger partial charge in [-0.1, -0.05) is 54.6 Å². The Kier molecular flexibility index (Phi) is 4.75. The van der Waals surface area contributed by atoms with Crippen LogP contribution in [0.2, 0.25) is 0 Å². The normalized spacial score (nSPS) is 17.5. The van der Waals surface area contributed by atoms with Crippen LogP contribution in [0.25, 0.3) is 66.3 Å². The van der Waals surface area contributed by atoms with Crippen molar-refractivity contribution in [2.45, 2.75) is 31.7 Å². The van der Waals surface area contributed by atoms with E-state index in [1.54, 1.807) is 0 Å². The van der Waals surface area contributed by atoms with E-state index in [-0.39, 0.29) is 6.04 Å². The van der Waals surface area contributed by atoms with E-state index in [2.05, 4.69) is 142 Å². The van der Waals surface area contributed by atoms with Gasteiger partial charge in [0, 0.05) is 50.9 Å². The van der Waals surface area contributed by atoms with E-state index >= 15 is 0 Å². The van der Waals surface area contributed by atoms with Gasteiger partial charge in [0.2, 0.25) is 23.1 Å². The van der Waals surface area contributed by atoms with E-state index in [9.17, 15) is 0 Å². The predicted molar refractivity (Wildman–Crippen MR) is 179 cm³/mol. The molecule has 0 fully saturated rings. The molecule has 10 rings (SSSR count). The minimum Gasteiger partial charge on any atom is -0.308 e. The fourth-order valence-corrected chi connectivity index (χ4v) is 8.54.